The molecule has 0 atom stereocenters. The number of nitrogens with one attached hydrogen (secondary N) is 1. The van der Waals surface area contributed by atoms with Crippen molar-refractivity contribution in [3.05, 3.63) is 41.1 Å². The quantitative estimate of drug-likeness (QED) is 0.656. The largest absolute Gasteiger partial charge is 0.433 e. The summed E-state index contributed by atoms with van der Waals surface area (Å²) >= 11 is 0. The lowest BCUT2D eigenvalue weighted by molar-refractivity contribution is -0.141. The Hall–Kier alpha value is -2.15. The van der Waals surface area contributed by atoms with Crippen LogP contribution in [0.5, 0.6) is 0 Å². The average molecular weight is 282 g/mol. The second kappa shape index (κ2) is 5.09. The number of benzene rings is 1. The summed E-state index contributed by atoms with van der Waals surface area (Å²) in [5.74, 6) is 4.87. The van der Waals surface area contributed by atoms with Gasteiger partial charge >= 0.3 is 6.18 Å². The van der Waals surface area contributed by atoms with Gasteiger partial charge in [0.05, 0.1) is 5.69 Å². The summed E-state index contributed by atoms with van der Waals surface area (Å²) in [6.45, 7) is 3.66. The van der Waals surface area contributed by atoms with Crippen LogP contribution in [0.1, 0.15) is 16.8 Å². The number of nitrogens with two attached hydrogens (primary N) is 1. The van der Waals surface area contributed by atoms with Gasteiger partial charge in [0.15, 0.2) is 5.69 Å². The van der Waals surface area contributed by atoms with E-state index in [9.17, 15) is 13.2 Å². The second-order valence-corrected chi connectivity index (χ2v) is 4.42. The van der Waals surface area contributed by atoms with Gasteiger partial charge in [0, 0.05) is 5.56 Å². The first-order chi connectivity index (χ1) is 9.31. The van der Waals surface area contributed by atoms with E-state index in [-0.39, 0.29) is 11.6 Å². The molecule has 0 fully saturated rings. The molecule has 0 saturated heterocycles. The number of hydrogen-bond acceptors (Lipinski definition) is 4. The number of aryl methyl sites for hydroxylation is 2. The predicted octanol–water partition coefficient (Wildman–Crippen LogP) is 3.06. The van der Waals surface area contributed by atoms with Crippen LogP contribution in [0.25, 0.3) is 11.3 Å². The maximum atomic E-state index is 12.8. The highest BCUT2D eigenvalue weighted by atomic mass is 19.4. The van der Waals surface area contributed by atoms with Crippen molar-refractivity contribution in [3.63, 3.8) is 0 Å². The van der Waals surface area contributed by atoms with Crippen LogP contribution in [-0.2, 0) is 6.18 Å². The zero-order valence-electron chi connectivity index (χ0n) is 10.9. The Morgan fingerprint density at radius 1 is 1.10 bits per heavy atom. The van der Waals surface area contributed by atoms with Crippen molar-refractivity contribution in [1.29, 1.82) is 0 Å². The number of hydrogen-bond donors (Lipinski definition) is 2. The van der Waals surface area contributed by atoms with Gasteiger partial charge in [-0.25, -0.2) is 15.8 Å². The predicted molar refractivity (Wildman–Crippen MR) is 69.8 cm³/mol. The second-order valence-electron chi connectivity index (χ2n) is 4.42. The Balaban J connectivity index is 2.64. The minimum atomic E-state index is -4.55. The van der Waals surface area contributed by atoms with Gasteiger partial charge in [-0.1, -0.05) is 17.7 Å². The van der Waals surface area contributed by atoms with Crippen molar-refractivity contribution in [1.82, 2.24) is 9.97 Å². The van der Waals surface area contributed by atoms with Crippen LogP contribution in [-0.4, -0.2) is 9.97 Å². The lowest BCUT2D eigenvalue weighted by atomic mass is 10.0. The molecule has 7 heteroatoms. The molecule has 2 aromatic rings. The molecule has 0 amide bonds. The summed E-state index contributed by atoms with van der Waals surface area (Å²) in [6.07, 6.45) is -4.55. The van der Waals surface area contributed by atoms with E-state index in [1.165, 1.54) is 0 Å². The summed E-state index contributed by atoms with van der Waals surface area (Å²) < 4.78 is 38.5. The average Bonchev–Trinajstić information content (AvgIpc) is 2.40. The number of alkyl halides is 3. The van der Waals surface area contributed by atoms with Crippen LogP contribution in [0.4, 0.5) is 19.1 Å². The van der Waals surface area contributed by atoms with Crippen molar-refractivity contribution in [3.8, 4) is 11.3 Å². The van der Waals surface area contributed by atoms with Crippen molar-refractivity contribution in [2.75, 3.05) is 5.43 Å². The molecule has 20 heavy (non-hydrogen) atoms. The van der Waals surface area contributed by atoms with E-state index in [1.807, 2.05) is 19.1 Å². The maximum Gasteiger partial charge on any atom is 0.433 e. The number of anilines is 1. The van der Waals surface area contributed by atoms with Crippen LogP contribution in [0, 0.1) is 13.8 Å². The van der Waals surface area contributed by atoms with E-state index < -0.39 is 11.9 Å². The molecule has 106 valence electrons. The summed E-state index contributed by atoms with van der Waals surface area (Å²) in [6, 6.07) is 6.41. The lowest BCUT2D eigenvalue weighted by Crippen LogP contribution is -2.16. The molecule has 2 rings (SSSR count). The molecule has 4 nitrogen and oxygen atoms in total. The minimum Gasteiger partial charge on any atom is -0.292 e. The Morgan fingerprint density at radius 3 is 2.40 bits per heavy atom. The molecule has 0 radical (unpaired) electrons. The molecule has 0 saturated carbocycles. The highest BCUT2D eigenvalue weighted by Gasteiger charge is 2.33. The minimum absolute atomic E-state index is 0.182. The standard InChI is InChI=1S/C13H13F3N4/c1-7-3-4-8(2)9(5-7)10-6-11(13(14,15)16)19-12(18-10)20-17/h3-6H,17H2,1-2H3,(H,18,19,20). The highest BCUT2D eigenvalue weighted by molar-refractivity contribution is 5.65. The Morgan fingerprint density at radius 2 is 1.80 bits per heavy atom. The maximum absolute atomic E-state index is 12.8. The van der Waals surface area contributed by atoms with Crippen molar-refractivity contribution in [2.45, 2.75) is 20.0 Å². The van der Waals surface area contributed by atoms with Crippen molar-refractivity contribution in [2.24, 2.45) is 5.84 Å². The zero-order chi connectivity index (χ0) is 14.9. The smallest absolute Gasteiger partial charge is 0.292 e. The van der Waals surface area contributed by atoms with E-state index in [4.69, 9.17) is 5.84 Å². The van der Waals surface area contributed by atoms with Crippen LogP contribution in [0.3, 0.4) is 0 Å². The molecule has 3 N–H and O–H groups in total. The van der Waals surface area contributed by atoms with Crippen molar-refractivity contribution >= 4 is 5.95 Å². The number of nitrogen functional groups attached to an aromatic ring is 1. The normalized spacial score (nSPS) is 11.5. The molecule has 1 aromatic heterocycles. The molecule has 0 unspecified atom stereocenters. The number of hydrazine groups is 1. The number of rotatable bonds is 2. The SMILES string of the molecule is Cc1ccc(C)c(-c2cc(C(F)(F)F)nc(NN)n2)c1. The van der Waals surface area contributed by atoms with Gasteiger partial charge in [0.2, 0.25) is 5.95 Å². The first-order valence-electron chi connectivity index (χ1n) is 5.82. The zero-order valence-corrected chi connectivity index (χ0v) is 10.9. The monoisotopic (exact) mass is 282 g/mol. The van der Waals surface area contributed by atoms with Crippen LogP contribution < -0.4 is 11.3 Å². The third-order valence-corrected chi connectivity index (χ3v) is 2.81. The molecule has 1 heterocycles. The number of aromatic nitrogens is 2. The lowest BCUT2D eigenvalue weighted by Gasteiger charge is -2.12. The third kappa shape index (κ3) is 2.88. The molecule has 1 aromatic carbocycles. The summed E-state index contributed by atoms with van der Waals surface area (Å²) in [5.41, 5.74) is 3.59. The topological polar surface area (TPSA) is 63.8 Å². The Kier molecular flexibility index (Phi) is 3.63. The van der Waals surface area contributed by atoms with Gasteiger partial charge in [0.1, 0.15) is 0 Å². The highest BCUT2D eigenvalue weighted by Crippen LogP contribution is 2.32. The fourth-order valence-electron chi connectivity index (χ4n) is 1.81. The summed E-state index contributed by atoms with van der Waals surface area (Å²) in [4.78, 5) is 7.32. The molecule has 0 aliphatic rings. The van der Waals surface area contributed by atoms with Gasteiger partial charge in [-0.3, -0.25) is 5.43 Å². The van der Waals surface area contributed by atoms with Gasteiger partial charge in [-0.05, 0) is 31.5 Å². The molecule has 0 bridgehead atoms. The van der Waals surface area contributed by atoms with E-state index in [0.29, 0.717) is 5.56 Å². The summed E-state index contributed by atoms with van der Waals surface area (Å²) in [5, 5.41) is 0. The van der Waals surface area contributed by atoms with Crippen LogP contribution in [0.15, 0.2) is 24.3 Å². The van der Waals surface area contributed by atoms with E-state index in [0.717, 1.165) is 17.2 Å². The van der Waals surface area contributed by atoms with E-state index in [1.54, 1.807) is 13.0 Å². The van der Waals surface area contributed by atoms with Crippen molar-refractivity contribution < 1.29 is 13.2 Å². The molecular formula is C13H13F3N4. The molecule has 0 aliphatic carbocycles. The number of nitrogens with zero attached hydrogens (tertiary/aromatic N) is 2. The molecule has 0 spiro atoms. The van der Waals surface area contributed by atoms with Gasteiger partial charge in [0.25, 0.3) is 0 Å². The van der Waals surface area contributed by atoms with Crippen LogP contribution in [0.2, 0.25) is 0 Å². The molecular weight excluding hydrogens is 269 g/mol. The van der Waals surface area contributed by atoms with Crippen LogP contribution >= 0.6 is 0 Å². The first kappa shape index (κ1) is 14.3. The Labute approximate surface area is 113 Å². The van der Waals surface area contributed by atoms with Gasteiger partial charge < -0.3 is 0 Å². The Bertz CT molecular complexity index is 638. The molecule has 0 aliphatic heterocycles. The van der Waals surface area contributed by atoms with E-state index >= 15 is 0 Å². The van der Waals surface area contributed by atoms with E-state index in [2.05, 4.69) is 15.4 Å². The summed E-state index contributed by atoms with van der Waals surface area (Å²) in [7, 11) is 0. The third-order valence-electron chi connectivity index (χ3n) is 2.81. The number of halogens is 3. The fourth-order valence-corrected chi connectivity index (χ4v) is 1.81. The fraction of sp³-hybridized carbons (Fsp3) is 0.231. The first-order valence-corrected chi connectivity index (χ1v) is 5.82. The van der Waals surface area contributed by atoms with Gasteiger partial charge in [-0.2, -0.15) is 13.2 Å². The van der Waals surface area contributed by atoms with Gasteiger partial charge in [-0.15, -0.1) is 0 Å².